The number of aliphatic hydroxyl groups is 1. The van der Waals surface area contributed by atoms with Gasteiger partial charge in [-0.3, -0.25) is 0 Å². The molecule has 2 N–H and O–H groups in total. The number of allylic oxidation sites excluding steroid dienone is 2. The molecule has 4 aliphatic rings. The van der Waals surface area contributed by atoms with E-state index in [0.29, 0.717) is 38.1 Å². The van der Waals surface area contributed by atoms with Gasteiger partial charge >= 0.3 is 6.09 Å². The fraction of sp³-hybridized carbons (Fsp3) is 0.500. The third kappa shape index (κ3) is 7.18. The minimum absolute atomic E-state index is 0.0218. The van der Waals surface area contributed by atoms with Gasteiger partial charge in [0.15, 0.2) is 17.5 Å². The van der Waals surface area contributed by atoms with Gasteiger partial charge in [-0.1, -0.05) is 20.8 Å². The Hall–Kier alpha value is -4.17. The zero-order chi connectivity index (χ0) is 36.6. The Balaban J connectivity index is 1.55. The van der Waals surface area contributed by atoms with Gasteiger partial charge in [-0.25, -0.2) is 23.6 Å². The Morgan fingerprint density at radius 2 is 1.86 bits per heavy atom. The van der Waals surface area contributed by atoms with E-state index in [-0.39, 0.29) is 61.0 Å². The Morgan fingerprint density at radius 3 is 2.46 bits per heavy atom. The zero-order valence-electron chi connectivity index (χ0n) is 29.3. The first kappa shape index (κ1) is 37.1. The third-order valence-electron chi connectivity index (χ3n) is 9.82. The van der Waals surface area contributed by atoms with Crippen LogP contribution in [-0.2, 0) is 30.3 Å². The molecule has 0 radical (unpaired) electrons. The summed E-state index contributed by atoms with van der Waals surface area (Å²) in [4.78, 5) is 52.8. The minimum Gasteiger partial charge on any atom is -0.479 e. The second-order valence-electron chi connectivity index (χ2n) is 14.9. The van der Waals surface area contributed by atoms with Crippen molar-refractivity contribution in [2.45, 2.75) is 97.3 Å². The molecule has 12 heteroatoms. The lowest BCUT2D eigenvalue weighted by Gasteiger charge is -2.46. The van der Waals surface area contributed by atoms with Crippen LogP contribution < -0.4 is 10.2 Å². The van der Waals surface area contributed by atoms with Crippen LogP contribution in [0.25, 0.3) is 5.57 Å². The topological polar surface area (TPSA) is 125 Å². The Morgan fingerprint density at radius 1 is 1.16 bits per heavy atom. The molecule has 3 heterocycles. The van der Waals surface area contributed by atoms with Crippen molar-refractivity contribution in [3.05, 3.63) is 74.1 Å². The highest BCUT2D eigenvalue weighted by molar-refractivity contribution is 9.12. The monoisotopic (exact) mass is 751 g/mol. The van der Waals surface area contributed by atoms with Crippen LogP contribution in [0.4, 0.5) is 14.9 Å². The first-order valence-electron chi connectivity index (χ1n) is 16.8. The molecule has 1 saturated carbocycles. The molecule has 3 aliphatic heterocycles. The molecule has 266 valence electrons. The Labute approximate surface area is 300 Å². The van der Waals surface area contributed by atoms with Gasteiger partial charge in [0.2, 0.25) is 5.76 Å². The highest BCUT2D eigenvalue weighted by Crippen LogP contribution is 2.49. The van der Waals surface area contributed by atoms with Crippen molar-refractivity contribution in [1.29, 1.82) is 0 Å². The summed E-state index contributed by atoms with van der Waals surface area (Å²) in [5.41, 5.74) is 0.727. The second kappa shape index (κ2) is 14.2. The van der Waals surface area contributed by atoms with Crippen LogP contribution in [-0.4, -0.2) is 70.9 Å². The molecule has 1 aliphatic carbocycles. The van der Waals surface area contributed by atoms with Gasteiger partial charge in [0.25, 0.3) is 0 Å². The minimum atomic E-state index is -1.75. The molecule has 0 unspecified atom stereocenters. The summed E-state index contributed by atoms with van der Waals surface area (Å²) < 4.78 is 27.0. The van der Waals surface area contributed by atoms with Crippen LogP contribution in [0.1, 0.15) is 84.8 Å². The number of benzene rings is 1. The number of alkyl carbamates (subject to hydrolysis) is 1. The second-order valence-corrected chi connectivity index (χ2v) is 15.7. The molecule has 1 aromatic carbocycles. The maximum absolute atomic E-state index is 15.7. The SMILES string of the molecule is CC[C@@]1(O)C(=C=O)OCC2=C1C=CN(CC1=C(Br)C(=C=O)c3cc(F)c(CCNC(=O)OC(C)(C)C)cc3N1C1CCC(C)(C)CC1)C2=C=O. The van der Waals surface area contributed by atoms with E-state index in [0.717, 1.165) is 25.7 Å². The highest BCUT2D eigenvalue weighted by Gasteiger charge is 2.45. The zero-order valence-corrected chi connectivity index (χ0v) is 30.9. The molecule has 1 atom stereocenters. The van der Waals surface area contributed by atoms with Gasteiger partial charge < -0.3 is 29.7 Å². The van der Waals surface area contributed by atoms with Crippen molar-refractivity contribution in [1.82, 2.24) is 10.2 Å². The Bertz CT molecular complexity index is 1830. The normalized spacial score (nSPS) is 22.0. The molecule has 1 aromatic rings. The number of nitrogens with one attached hydrogen (secondary N) is 1. The van der Waals surface area contributed by atoms with Gasteiger partial charge in [0.1, 0.15) is 29.7 Å². The molecule has 5 rings (SSSR count). The van der Waals surface area contributed by atoms with E-state index in [9.17, 15) is 24.3 Å². The van der Waals surface area contributed by atoms with Gasteiger partial charge in [0, 0.05) is 35.5 Å². The maximum atomic E-state index is 15.7. The van der Waals surface area contributed by atoms with Crippen LogP contribution in [0.5, 0.6) is 0 Å². The van der Waals surface area contributed by atoms with E-state index in [1.807, 2.05) is 11.9 Å². The van der Waals surface area contributed by atoms with Crippen LogP contribution in [0.2, 0.25) is 0 Å². The predicted molar refractivity (Wildman–Crippen MR) is 190 cm³/mol. The number of ether oxygens (including phenoxy) is 2. The van der Waals surface area contributed by atoms with E-state index in [1.165, 1.54) is 6.07 Å². The summed E-state index contributed by atoms with van der Waals surface area (Å²) in [6.07, 6.45) is 6.51. The van der Waals surface area contributed by atoms with E-state index in [1.54, 1.807) is 56.9 Å². The fourth-order valence-corrected chi connectivity index (χ4v) is 7.68. The first-order chi connectivity index (χ1) is 23.6. The number of fused-ring (bicyclic) bond motifs is 1. The van der Waals surface area contributed by atoms with E-state index in [4.69, 9.17) is 9.47 Å². The highest BCUT2D eigenvalue weighted by atomic mass is 79.9. The standard InChI is InChI=1S/C38H43BrFN3O7/c1-7-38(48)28-11-15-42(32(20-45)27(28)22-49-33(38)21-46)18-31-34(39)26(19-44)25-17-29(40)23(10-14-41-35(47)50-36(2,3)4)16-30(25)43(31)24-8-12-37(5,6)13-9-24/h11,15-17,24,48H,7-10,12-14,18,22H2,1-6H3,(H,41,47)/t38-/m0/s1. The maximum Gasteiger partial charge on any atom is 0.407 e. The van der Waals surface area contributed by atoms with Crippen LogP contribution in [0, 0.1) is 11.2 Å². The largest absolute Gasteiger partial charge is 0.479 e. The molecule has 50 heavy (non-hydrogen) atoms. The molecule has 0 spiro atoms. The van der Waals surface area contributed by atoms with E-state index in [2.05, 4.69) is 40.0 Å². The number of rotatable bonds is 7. The molecular formula is C38H43BrFN3O7. The number of carbonyl (C=O) groups excluding carboxylic acids is 4. The van der Waals surface area contributed by atoms with Crippen LogP contribution in [0.15, 0.2) is 57.2 Å². The van der Waals surface area contributed by atoms with Gasteiger partial charge in [-0.15, -0.1) is 0 Å². The van der Waals surface area contributed by atoms with Crippen molar-refractivity contribution in [3.63, 3.8) is 0 Å². The van der Waals surface area contributed by atoms with Crippen LogP contribution in [0.3, 0.4) is 0 Å². The number of halogens is 2. The van der Waals surface area contributed by atoms with E-state index >= 15 is 4.39 Å². The summed E-state index contributed by atoms with van der Waals surface area (Å²) in [6, 6.07) is 3.05. The summed E-state index contributed by atoms with van der Waals surface area (Å²) in [5.74, 6) is 4.95. The van der Waals surface area contributed by atoms with Gasteiger partial charge in [0.05, 0.1) is 28.0 Å². The summed E-state index contributed by atoms with van der Waals surface area (Å²) in [5, 5.41) is 14.1. The first-order valence-corrected chi connectivity index (χ1v) is 17.6. The molecule has 0 bridgehead atoms. The summed E-state index contributed by atoms with van der Waals surface area (Å²) in [6.45, 7) is 11.5. The molecule has 1 fully saturated rings. The number of hydrogen-bond donors (Lipinski definition) is 2. The third-order valence-corrected chi connectivity index (χ3v) is 10.7. The molecule has 0 aromatic heterocycles. The fourth-order valence-electron chi connectivity index (χ4n) is 7.07. The number of amides is 1. The van der Waals surface area contributed by atoms with Gasteiger partial charge in [-0.2, -0.15) is 0 Å². The predicted octanol–water partition coefficient (Wildman–Crippen LogP) is 6.23. The molecule has 1 amide bonds. The lowest BCUT2D eigenvalue weighted by Crippen LogP contribution is -2.45. The summed E-state index contributed by atoms with van der Waals surface area (Å²) >= 11 is 3.66. The quantitative estimate of drug-likeness (QED) is 0.312. The lowest BCUT2D eigenvalue weighted by atomic mass is 9.74. The molecule has 10 nitrogen and oxygen atoms in total. The number of anilines is 1. The summed E-state index contributed by atoms with van der Waals surface area (Å²) in [7, 11) is 0. The number of carbonyl (C=O) groups is 1. The number of nitrogens with zero attached hydrogens (tertiary/aromatic N) is 2. The average molecular weight is 753 g/mol. The van der Waals surface area contributed by atoms with Crippen molar-refractivity contribution in [2.75, 3.05) is 24.6 Å². The van der Waals surface area contributed by atoms with Crippen molar-refractivity contribution < 1.29 is 38.1 Å². The van der Waals surface area contributed by atoms with Crippen LogP contribution >= 0.6 is 15.9 Å². The molecule has 0 saturated heterocycles. The van der Waals surface area contributed by atoms with Crippen molar-refractivity contribution >= 4 is 51.1 Å². The van der Waals surface area contributed by atoms with Crippen molar-refractivity contribution in [3.8, 4) is 0 Å². The smallest absolute Gasteiger partial charge is 0.407 e. The average Bonchev–Trinajstić information content (AvgIpc) is 3.05. The van der Waals surface area contributed by atoms with Gasteiger partial charge in [-0.05, 0) is 104 Å². The number of hydrogen-bond acceptors (Lipinski definition) is 9. The Kier molecular flexibility index (Phi) is 10.5. The van der Waals surface area contributed by atoms with E-state index < -0.39 is 23.1 Å². The van der Waals surface area contributed by atoms with Crippen molar-refractivity contribution in [2.24, 2.45) is 5.41 Å². The molecular weight excluding hydrogens is 709 g/mol. The lowest BCUT2D eigenvalue weighted by molar-refractivity contribution is 0.0313.